The molecule has 8 nitrogen and oxygen atoms in total. The van der Waals surface area contributed by atoms with Gasteiger partial charge in [0.05, 0.1) is 30.2 Å². The number of nitrogens with zero attached hydrogens (tertiary/aromatic N) is 5. The summed E-state index contributed by atoms with van der Waals surface area (Å²) in [4.78, 5) is 16.9. The summed E-state index contributed by atoms with van der Waals surface area (Å²) in [5, 5.41) is 8.17. The van der Waals surface area contributed by atoms with Gasteiger partial charge in [-0.25, -0.2) is 0 Å². The minimum Gasteiger partial charge on any atom is -0.375 e. The number of likely N-dealkylation sites (tertiary alicyclic amines) is 1. The van der Waals surface area contributed by atoms with Gasteiger partial charge in [0.2, 0.25) is 0 Å². The van der Waals surface area contributed by atoms with Crippen LogP contribution in [0.3, 0.4) is 0 Å². The fraction of sp³-hybridized carbons (Fsp3) is 0.588. The van der Waals surface area contributed by atoms with Crippen molar-refractivity contribution in [1.29, 1.82) is 0 Å². The summed E-state index contributed by atoms with van der Waals surface area (Å²) in [5.74, 6) is 1.17. The Morgan fingerprint density at radius 3 is 2.96 bits per heavy atom. The summed E-state index contributed by atoms with van der Waals surface area (Å²) in [6, 6.07) is 1.97. The number of hydrogen-bond donors (Lipinski definition) is 0. The maximum Gasteiger partial charge on any atom is 0.257 e. The predicted molar refractivity (Wildman–Crippen MR) is 88.9 cm³/mol. The maximum atomic E-state index is 12.7. The Morgan fingerprint density at radius 2 is 2.24 bits per heavy atom. The lowest BCUT2D eigenvalue weighted by atomic mass is 10.1. The Morgan fingerprint density at radius 1 is 1.36 bits per heavy atom. The Labute approximate surface area is 146 Å². The lowest BCUT2D eigenvalue weighted by Crippen LogP contribution is -2.37. The Kier molecular flexibility index (Phi) is 4.30. The number of carbonyl (C=O) groups is 1. The zero-order chi connectivity index (χ0) is 17.4. The molecule has 4 rings (SSSR count). The van der Waals surface area contributed by atoms with Crippen molar-refractivity contribution in [2.45, 2.75) is 19.6 Å². The summed E-state index contributed by atoms with van der Waals surface area (Å²) in [6.07, 6.45) is 3.55. The Hall–Kier alpha value is -2.19. The Bertz CT molecular complexity index is 755. The summed E-state index contributed by atoms with van der Waals surface area (Å²) >= 11 is 0. The number of ether oxygens (including phenoxy) is 1. The third-order valence-corrected chi connectivity index (χ3v) is 4.91. The normalized spacial score (nSPS) is 24.3. The fourth-order valence-corrected chi connectivity index (χ4v) is 3.73. The highest BCUT2D eigenvalue weighted by Gasteiger charge is 2.38. The third-order valence-electron chi connectivity index (χ3n) is 4.91. The van der Waals surface area contributed by atoms with Crippen molar-refractivity contribution in [2.24, 2.45) is 13.0 Å². The van der Waals surface area contributed by atoms with Crippen molar-refractivity contribution < 1.29 is 14.1 Å². The first-order chi connectivity index (χ1) is 12.1. The van der Waals surface area contributed by atoms with Gasteiger partial charge in [0.25, 0.3) is 5.91 Å². The van der Waals surface area contributed by atoms with Crippen molar-refractivity contribution in [2.75, 3.05) is 32.8 Å². The summed E-state index contributed by atoms with van der Waals surface area (Å²) in [7, 11) is 1.82. The van der Waals surface area contributed by atoms with E-state index in [2.05, 4.69) is 15.2 Å². The van der Waals surface area contributed by atoms with Crippen molar-refractivity contribution in [3.63, 3.8) is 0 Å². The molecule has 4 heterocycles. The van der Waals surface area contributed by atoms with Crippen molar-refractivity contribution in [1.82, 2.24) is 24.7 Å². The van der Waals surface area contributed by atoms with Crippen molar-refractivity contribution in [3.05, 3.63) is 35.5 Å². The van der Waals surface area contributed by atoms with Crippen LogP contribution < -0.4 is 0 Å². The van der Waals surface area contributed by atoms with E-state index >= 15 is 0 Å². The van der Waals surface area contributed by atoms with E-state index in [1.165, 1.54) is 0 Å². The fourth-order valence-electron chi connectivity index (χ4n) is 3.73. The largest absolute Gasteiger partial charge is 0.375 e. The molecule has 2 atom stereocenters. The SMILES string of the molecule is Cc1cc(CN2C[C@H]3CN(C(=O)c4cnn(C)c4)CCO[C@H]3C2)no1. The average molecular weight is 345 g/mol. The van der Waals surface area contributed by atoms with Gasteiger partial charge in [-0.1, -0.05) is 5.16 Å². The lowest BCUT2D eigenvalue weighted by molar-refractivity contribution is 0.0500. The van der Waals surface area contributed by atoms with Crippen LogP contribution in [0.4, 0.5) is 0 Å². The van der Waals surface area contributed by atoms with Gasteiger partial charge in [-0.2, -0.15) is 5.10 Å². The van der Waals surface area contributed by atoms with Gasteiger partial charge >= 0.3 is 0 Å². The molecule has 0 N–H and O–H groups in total. The number of fused-ring (bicyclic) bond motifs is 1. The van der Waals surface area contributed by atoms with Gasteiger partial charge in [-0.05, 0) is 6.92 Å². The zero-order valence-corrected chi connectivity index (χ0v) is 14.6. The molecule has 0 bridgehead atoms. The molecule has 2 aromatic rings. The highest BCUT2D eigenvalue weighted by Crippen LogP contribution is 2.25. The van der Waals surface area contributed by atoms with E-state index in [0.29, 0.717) is 31.2 Å². The van der Waals surface area contributed by atoms with E-state index in [1.807, 2.05) is 24.9 Å². The second kappa shape index (κ2) is 6.61. The minimum atomic E-state index is 0.0305. The van der Waals surface area contributed by atoms with Crippen LogP contribution in [0.25, 0.3) is 0 Å². The van der Waals surface area contributed by atoms with E-state index in [1.54, 1.807) is 17.1 Å². The third kappa shape index (κ3) is 3.45. The molecule has 0 spiro atoms. The highest BCUT2D eigenvalue weighted by atomic mass is 16.5. The molecule has 0 aromatic carbocycles. The first-order valence-corrected chi connectivity index (χ1v) is 8.62. The molecular formula is C17H23N5O3. The van der Waals surface area contributed by atoms with Crippen LogP contribution in [0.2, 0.25) is 0 Å². The molecule has 2 fully saturated rings. The molecule has 2 aromatic heterocycles. The number of aromatic nitrogens is 3. The zero-order valence-electron chi connectivity index (χ0n) is 14.6. The van der Waals surface area contributed by atoms with Gasteiger partial charge in [-0.15, -0.1) is 0 Å². The first kappa shape index (κ1) is 16.3. The van der Waals surface area contributed by atoms with Crippen LogP contribution in [0.15, 0.2) is 23.0 Å². The van der Waals surface area contributed by atoms with E-state index in [0.717, 1.165) is 31.1 Å². The van der Waals surface area contributed by atoms with Crippen LogP contribution in [0, 0.1) is 12.8 Å². The molecule has 1 amide bonds. The molecular weight excluding hydrogens is 322 g/mol. The second-order valence-electron chi connectivity index (χ2n) is 6.95. The van der Waals surface area contributed by atoms with Crippen molar-refractivity contribution >= 4 is 5.91 Å². The minimum absolute atomic E-state index is 0.0305. The number of aryl methyl sites for hydroxylation is 2. The molecule has 0 radical (unpaired) electrons. The van der Waals surface area contributed by atoms with Gasteiger partial charge in [0.1, 0.15) is 5.76 Å². The number of hydrogen-bond acceptors (Lipinski definition) is 6. The molecule has 25 heavy (non-hydrogen) atoms. The molecule has 0 unspecified atom stereocenters. The smallest absolute Gasteiger partial charge is 0.257 e. The van der Waals surface area contributed by atoms with Crippen LogP contribution in [0.1, 0.15) is 21.8 Å². The molecule has 2 aliphatic heterocycles. The van der Waals surface area contributed by atoms with E-state index < -0.39 is 0 Å². The topological polar surface area (TPSA) is 76.6 Å². The van der Waals surface area contributed by atoms with E-state index in [9.17, 15) is 4.79 Å². The molecule has 0 aliphatic carbocycles. The van der Waals surface area contributed by atoms with Crippen LogP contribution >= 0.6 is 0 Å². The average Bonchev–Trinajstić information content (AvgIpc) is 3.25. The molecule has 2 aliphatic rings. The molecule has 0 saturated carbocycles. The van der Waals surface area contributed by atoms with Gasteiger partial charge < -0.3 is 14.2 Å². The van der Waals surface area contributed by atoms with Crippen molar-refractivity contribution in [3.8, 4) is 0 Å². The quantitative estimate of drug-likeness (QED) is 0.815. The molecule has 2 saturated heterocycles. The summed E-state index contributed by atoms with van der Waals surface area (Å²) in [6.45, 7) is 6.33. The standard InChI is InChI=1S/C17H23N5O3/c1-12-5-15(19-25-12)10-21-8-14-9-22(3-4-24-16(14)11-21)17(23)13-6-18-20(2)7-13/h5-7,14,16H,3-4,8-11H2,1-2H3/t14-,16-/m0/s1. The van der Waals surface area contributed by atoms with Gasteiger partial charge in [0.15, 0.2) is 0 Å². The van der Waals surface area contributed by atoms with Gasteiger partial charge in [0, 0.05) is 58.0 Å². The summed E-state index contributed by atoms with van der Waals surface area (Å²) < 4.78 is 12.8. The number of rotatable bonds is 3. The predicted octanol–water partition coefficient (Wildman–Crippen LogP) is 0.690. The lowest BCUT2D eigenvalue weighted by Gasteiger charge is -2.23. The van der Waals surface area contributed by atoms with E-state index in [4.69, 9.17) is 9.26 Å². The van der Waals surface area contributed by atoms with Crippen LogP contribution in [-0.4, -0.2) is 69.5 Å². The second-order valence-corrected chi connectivity index (χ2v) is 6.95. The highest BCUT2D eigenvalue weighted by molar-refractivity contribution is 5.93. The Balaban J connectivity index is 1.41. The molecule has 8 heteroatoms. The van der Waals surface area contributed by atoms with Crippen LogP contribution in [-0.2, 0) is 18.3 Å². The van der Waals surface area contributed by atoms with Crippen LogP contribution in [0.5, 0.6) is 0 Å². The van der Waals surface area contributed by atoms with Gasteiger partial charge in [-0.3, -0.25) is 14.4 Å². The maximum absolute atomic E-state index is 12.7. The van der Waals surface area contributed by atoms with E-state index in [-0.39, 0.29) is 12.0 Å². The molecule has 134 valence electrons. The summed E-state index contributed by atoms with van der Waals surface area (Å²) in [5.41, 5.74) is 1.58. The first-order valence-electron chi connectivity index (χ1n) is 8.62. The monoisotopic (exact) mass is 345 g/mol. The number of carbonyl (C=O) groups excluding carboxylic acids is 1. The number of amides is 1.